The van der Waals surface area contributed by atoms with Crippen molar-refractivity contribution in [1.29, 1.82) is 0 Å². The summed E-state index contributed by atoms with van der Waals surface area (Å²) >= 11 is 0. The van der Waals surface area contributed by atoms with E-state index in [1.54, 1.807) is 24.4 Å². The van der Waals surface area contributed by atoms with Gasteiger partial charge in [-0.15, -0.1) is 0 Å². The first-order valence-electron chi connectivity index (χ1n) is 5.51. The van der Waals surface area contributed by atoms with Crippen molar-refractivity contribution in [2.75, 3.05) is 0 Å². The molecule has 0 aliphatic carbocycles. The van der Waals surface area contributed by atoms with Crippen LogP contribution in [0.1, 0.15) is 0 Å². The van der Waals surface area contributed by atoms with Gasteiger partial charge in [-0.25, -0.2) is 23.1 Å². The fourth-order valence-electron chi connectivity index (χ4n) is 1.95. The quantitative estimate of drug-likeness (QED) is 0.623. The van der Waals surface area contributed by atoms with E-state index >= 15 is 0 Å². The molecule has 1 aromatic carbocycles. The van der Waals surface area contributed by atoms with E-state index in [1.165, 1.54) is 6.20 Å². The molecule has 2 heterocycles. The lowest BCUT2D eigenvalue weighted by Gasteiger charge is -2.07. The average molecular weight is 260 g/mol. The van der Waals surface area contributed by atoms with Crippen molar-refractivity contribution in [3.8, 4) is 11.1 Å². The Kier molecular flexibility index (Phi) is 2.67. The molecule has 0 aliphatic rings. The molecule has 0 aliphatic heterocycles. The second-order valence-corrected chi connectivity index (χ2v) is 3.98. The van der Waals surface area contributed by atoms with Gasteiger partial charge in [-0.1, -0.05) is 0 Å². The van der Waals surface area contributed by atoms with E-state index in [0.29, 0.717) is 22.7 Å². The molecule has 0 bridgehead atoms. The second-order valence-electron chi connectivity index (χ2n) is 3.98. The van der Waals surface area contributed by atoms with Crippen LogP contribution in [0.4, 0.5) is 13.2 Å². The van der Waals surface area contributed by atoms with Gasteiger partial charge in [0.05, 0.1) is 0 Å². The third-order valence-electron chi connectivity index (χ3n) is 2.82. The third-order valence-corrected chi connectivity index (χ3v) is 2.82. The smallest absolute Gasteiger partial charge is 0.161 e. The molecule has 5 heteroatoms. The number of fused-ring (bicyclic) bond motifs is 1. The number of rotatable bonds is 1. The van der Waals surface area contributed by atoms with Gasteiger partial charge in [0.1, 0.15) is 5.82 Å². The Morgan fingerprint density at radius 2 is 1.47 bits per heavy atom. The molecule has 3 rings (SSSR count). The first-order valence-corrected chi connectivity index (χ1v) is 5.51. The van der Waals surface area contributed by atoms with Crippen molar-refractivity contribution in [2.24, 2.45) is 0 Å². The van der Waals surface area contributed by atoms with Gasteiger partial charge in [0.2, 0.25) is 0 Å². The van der Waals surface area contributed by atoms with Crippen LogP contribution < -0.4 is 0 Å². The molecule has 3 aromatic rings. The van der Waals surface area contributed by atoms with Crippen molar-refractivity contribution in [3.05, 3.63) is 60.2 Å². The Hall–Kier alpha value is -2.43. The summed E-state index contributed by atoms with van der Waals surface area (Å²) in [6.45, 7) is 0. The maximum absolute atomic E-state index is 13.8. The summed E-state index contributed by atoms with van der Waals surface area (Å²) in [5.41, 5.74) is 0.831. The van der Waals surface area contributed by atoms with E-state index in [0.717, 1.165) is 6.07 Å². The molecule has 94 valence electrons. The average Bonchev–Trinajstić information content (AvgIpc) is 2.42. The van der Waals surface area contributed by atoms with E-state index in [4.69, 9.17) is 0 Å². The molecule has 0 atom stereocenters. The summed E-state index contributed by atoms with van der Waals surface area (Å²) in [7, 11) is 0. The topological polar surface area (TPSA) is 25.8 Å². The van der Waals surface area contributed by atoms with Gasteiger partial charge in [0.25, 0.3) is 0 Å². The van der Waals surface area contributed by atoms with Crippen LogP contribution in [0.3, 0.4) is 0 Å². The Labute approximate surface area is 106 Å². The summed E-state index contributed by atoms with van der Waals surface area (Å²) in [6.07, 6.45) is 3.01. The van der Waals surface area contributed by atoms with Gasteiger partial charge in [-0.2, -0.15) is 0 Å². The number of aromatic nitrogens is 2. The van der Waals surface area contributed by atoms with E-state index in [2.05, 4.69) is 9.97 Å². The van der Waals surface area contributed by atoms with Gasteiger partial charge in [-0.3, -0.25) is 0 Å². The first-order chi connectivity index (χ1) is 9.16. The van der Waals surface area contributed by atoms with Gasteiger partial charge >= 0.3 is 0 Å². The maximum atomic E-state index is 13.8. The normalized spacial score (nSPS) is 10.9. The Bertz CT molecular complexity index is 766. The minimum Gasteiger partial charge on any atom is -0.237 e. The molecule has 0 amide bonds. The number of benzene rings is 1. The van der Waals surface area contributed by atoms with Gasteiger partial charge in [0.15, 0.2) is 17.3 Å². The molecular formula is C14H7F3N2. The Balaban J connectivity index is 2.33. The SMILES string of the molecule is Fc1cc(F)c(-c2ccnc3ncccc23)cc1F. The zero-order chi connectivity index (χ0) is 13.4. The lowest BCUT2D eigenvalue weighted by molar-refractivity contribution is 0.496. The third kappa shape index (κ3) is 1.93. The van der Waals surface area contributed by atoms with Gasteiger partial charge in [0, 0.05) is 29.4 Å². The number of halogens is 3. The van der Waals surface area contributed by atoms with Gasteiger partial charge in [-0.05, 0) is 29.8 Å². The molecule has 0 radical (unpaired) electrons. The molecule has 2 nitrogen and oxygen atoms in total. The van der Waals surface area contributed by atoms with Crippen molar-refractivity contribution in [3.63, 3.8) is 0 Å². The molecular weight excluding hydrogens is 253 g/mol. The summed E-state index contributed by atoms with van der Waals surface area (Å²) in [5.74, 6) is -3.13. The lowest BCUT2D eigenvalue weighted by Crippen LogP contribution is -1.93. The second kappa shape index (κ2) is 4.35. The Morgan fingerprint density at radius 1 is 0.737 bits per heavy atom. The number of hydrogen-bond donors (Lipinski definition) is 0. The van der Waals surface area contributed by atoms with Crippen LogP contribution in [0.5, 0.6) is 0 Å². The summed E-state index contributed by atoms with van der Waals surface area (Å²) in [4.78, 5) is 8.07. The van der Waals surface area contributed by atoms with Gasteiger partial charge < -0.3 is 0 Å². The zero-order valence-corrected chi connectivity index (χ0v) is 9.57. The van der Waals surface area contributed by atoms with Crippen LogP contribution in [0.15, 0.2) is 42.7 Å². The largest absolute Gasteiger partial charge is 0.237 e. The predicted molar refractivity (Wildman–Crippen MR) is 64.8 cm³/mol. The molecule has 0 saturated heterocycles. The van der Waals surface area contributed by atoms with Crippen molar-refractivity contribution < 1.29 is 13.2 Å². The molecule has 19 heavy (non-hydrogen) atoms. The van der Waals surface area contributed by atoms with E-state index in [9.17, 15) is 13.2 Å². The van der Waals surface area contributed by atoms with Crippen LogP contribution >= 0.6 is 0 Å². The zero-order valence-electron chi connectivity index (χ0n) is 9.57. The standard InChI is InChI=1S/C14H7F3N2/c15-11-7-13(17)12(16)6-10(11)8-3-5-19-14-9(8)2-1-4-18-14/h1-7H. The highest BCUT2D eigenvalue weighted by atomic mass is 19.2. The van der Waals surface area contributed by atoms with Crippen LogP contribution in [0.25, 0.3) is 22.2 Å². The highest BCUT2D eigenvalue weighted by molar-refractivity contribution is 5.92. The van der Waals surface area contributed by atoms with Crippen LogP contribution in [-0.2, 0) is 0 Å². The monoisotopic (exact) mass is 260 g/mol. The fraction of sp³-hybridized carbons (Fsp3) is 0. The van der Waals surface area contributed by atoms with Crippen LogP contribution in [0.2, 0.25) is 0 Å². The van der Waals surface area contributed by atoms with E-state index in [-0.39, 0.29) is 5.56 Å². The number of nitrogens with zero attached hydrogens (tertiary/aromatic N) is 2. The van der Waals surface area contributed by atoms with Crippen LogP contribution in [0, 0.1) is 17.5 Å². The molecule has 2 aromatic heterocycles. The first kappa shape index (κ1) is 11.6. The Morgan fingerprint density at radius 3 is 2.32 bits per heavy atom. The fourth-order valence-corrected chi connectivity index (χ4v) is 1.95. The van der Waals surface area contributed by atoms with Crippen LogP contribution in [-0.4, -0.2) is 9.97 Å². The molecule has 0 unspecified atom stereocenters. The highest BCUT2D eigenvalue weighted by Crippen LogP contribution is 2.29. The minimum atomic E-state index is -1.21. The van der Waals surface area contributed by atoms with Crippen molar-refractivity contribution in [1.82, 2.24) is 9.97 Å². The lowest BCUT2D eigenvalue weighted by atomic mass is 10.0. The maximum Gasteiger partial charge on any atom is 0.161 e. The van der Waals surface area contributed by atoms with Crippen molar-refractivity contribution >= 4 is 11.0 Å². The summed E-state index contributed by atoms with van der Waals surface area (Å²) in [5, 5.41) is 0.579. The summed E-state index contributed by atoms with van der Waals surface area (Å²) < 4.78 is 40.0. The summed E-state index contributed by atoms with van der Waals surface area (Å²) in [6, 6.07) is 6.29. The highest BCUT2D eigenvalue weighted by Gasteiger charge is 2.14. The van der Waals surface area contributed by atoms with Crippen molar-refractivity contribution in [2.45, 2.75) is 0 Å². The predicted octanol–water partition coefficient (Wildman–Crippen LogP) is 3.71. The molecule has 0 fully saturated rings. The molecule has 0 spiro atoms. The number of pyridine rings is 2. The minimum absolute atomic E-state index is 0.0145. The molecule has 0 N–H and O–H groups in total. The number of hydrogen-bond acceptors (Lipinski definition) is 2. The van der Waals surface area contributed by atoms with E-state index < -0.39 is 17.5 Å². The van der Waals surface area contributed by atoms with E-state index in [1.807, 2.05) is 0 Å². The molecule has 0 saturated carbocycles.